The van der Waals surface area contributed by atoms with E-state index >= 15 is 0 Å². The molecule has 2 aromatic carbocycles. The maximum absolute atomic E-state index is 11.9. The van der Waals surface area contributed by atoms with Crippen LogP contribution >= 0.6 is 0 Å². The lowest BCUT2D eigenvalue weighted by molar-refractivity contribution is 0.0696. The first-order chi connectivity index (χ1) is 9.88. The maximum Gasteiger partial charge on any atom is 0.335 e. The molecule has 5 N–H and O–H groups in total. The van der Waals surface area contributed by atoms with E-state index < -0.39 is 23.4 Å². The summed E-state index contributed by atoms with van der Waals surface area (Å²) in [4.78, 5) is 22.7. The van der Waals surface area contributed by atoms with Crippen molar-refractivity contribution in [1.82, 2.24) is 0 Å². The van der Waals surface area contributed by atoms with E-state index in [4.69, 9.17) is 10.2 Å². The SMILES string of the molecule is O=C(O)c1ccc(NC(=O)c2ccc(O)cc2O)c(O)c1. The van der Waals surface area contributed by atoms with E-state index in [1.807, 2.05) is 0 Å². The first-order valence-corrected chi connectivity index (χ1v) is 5.78. The Morgan fingerprint density at radius 2 is 1.62 bits per heavy atom. The minimum Gasteiger partial charge on any atom is -0.508 e. The predicted molar refractivity (Wildman–Crippen MR) is 72.8 cm³/mol. The quantitative estimate of drug-likeness (QED) is 0.548. The van der Waals surface area contributed by atoms with Crippen molar-refractivity contribution >= 4 is 17.6 Å². The second-order valence-electron chi connectivity index (χ2n) is 4.19. The van der Waals surface area contributed by atoms with Crippen LogP contribution in [0.4, 0.5) is 5.69 Å². The van der Waals surface area contributed by atoms with Crippen LogP contribution in [0, 0.1) is 0 Å². The van der Waals surface area contributed by atoms with Crippen LogP contribution < -0.4 is 5.32 Å². The molecule has 0 radical (unpaired) electrons. The van der Waals surface area contributed by atoms with E-state index in [2.05, 4.69) is 5.32 Å². The second-order valence-corrected chi connectivity index (χ2v) is 4.19. The Kier molecular flexibility index (Phi) is 3.66. The highest BCUT2D eigenvalue weighted by Gasteiger charge is 2.14. The van der Waals surface area contributed by atoms with Crippen molar-refractivity contribution in [2.45, 2.75) is 0 Å². The van der Waals surface area contributed by atoms with Gasteiger partial charge in [0.25, 0.3) is 5.91 Å². The molecule has 0 bridgehead atoms. The largest absolute Gasteiger partial charge is 0.508 e. The number of hydrogen-bond acceptors (Lipinski definition) is 5. The summed E-state index contributed by atoms with van der Waals surface area (Å²) in [5.41, 5.74) is -0.232. The number of carboxylic acid groups (broad SMARTS) is 1. The monoisotopic (exact) mass is 289 g/mol. The molecule has 21 heavy (non-hydrogen) atoms. The van der Waals surface area contributed by atoms with E-state index in [-0.39, 0.29) is 22.6 Å². The highest BCUT2D eigenvalue weighted by molar-refractivity contribution is 6.07. The van der Waals surface area contributed by atoms with Gasteiger partial charge in [0.1, 0.15) is 17.2 Å². The highest BCUT2D eigenvalue weighted by Crippen LogP contribution is 2.27. The van der Waals surface area contributed by atoms with E-state index in [0.29, 0.717) is 0 Å². The highest BCUT2D eigenvalue weighted by atomic mass is 16.4. The Morgan fingerprint density at radius 1 is 0.905 bits per heavy atom. The second kappa shape index (κ2) is 5.41. The Morgan fingerprint density at radius 3 is 2.19 bits per heavy atom. The van der Waals surface area contributed by atoms with Crippen LogP contribution in [-0.2, 0) is 0 Å². The Labute approximate surface area is 118 Å². The van der Waals surface area contributed by atoms with E-state index in [0.717, 1.165) is 12.1 Å². The van der Waals surface area contributed by atoms with Gasteiger partial charge in [0.2, 0.25) is 0 Å². The Hall–Kier alpha value is -3.22. The van der Waals surface area contributed by atoms with E-state index in [9.17, 15) is 19.8 Å². The number of carbonyl (C=O) groups excluding carboxylic acids is 1. The molecule has 108 valence electrons. The third kappa shape index (κ3) is 3.03. The standard InChI is InChI=1S/C14H11NO6/c16-8-2-3-9(11(17)6-8)13(19)15-10-4-1-7(14(20)21)5-12(10)18/h1-6,16-18H,(H,15,19)(H,20,21). The maximum atomic E-state index is 11.9. The van der Waals surface area contributed by atoms with Gasteiger partial charge in [-0.15, -0.1) is 0 Å². The molecule has 0 aliphatic rings. The molecule has 7 nitrogen and oxygen atoms in total. The molecule has 1 amide bonds. The predicted octanol–water partition coefficient (Wildman–Crippen LogP) is 1.75. The normalized spacial score (nSPS) is 10.1. The zero-order valence-electron chi connectivity index (χ0n) is 10.6. The summed E-state index contributed by atoms with van der Waals surface area (Å²) >= 11 is 0. The van der Waals surface area contributed by atoms with Crippen molar-refractivity contribution in [3.05, 3.63) is 47.5 Å². The van der Waals surface area contributed by atoms with Crippen LogP contribution in [0.25, 0.3) is 0 Å². The number of amides is 1. The van der Waals surface area contributed by atoms with Gasteiger partial charge in [0.15, 0.2) is 0 Å². The topological polar surface area (TPSA) is 127 Å². The number of nitrogens with one attached hydrogen (secondary N) is 1. The molecule has 7 heteroatoms. The lowest BCUT2D eigenvalue weighted by Gasteiger charge is -2.09. The first-order valence-electron chi connectivity index (χ1n) is 5.78. The minimum absolute atomic E-state index is 0.00234. The molecule has 0 aromatic heterocycles. The first kappa shape index (κ1) is 14.2. The fourth-order valence-electron chi connectivity index (χ4n) is 1.67. The molecule has 0 fully saturated rings. The van der Waals surface area contributed by atoms with Crippen molar-refractivity contribution in [3.8, 4) is 17.2 Å². The minimum atomic E-state index is -1.21. The van der Waals surface area contributed by atoms with Crippen LogP contribution in [0.1, 0.15) is 20.7 Å². The summed E-state index contributed by atoms with van der Waals surface area (Å²) in [6.07, 6.45) is 0. The molecule has 0 aliphatic heterocycles. The average Bonchev–Trinajstić information content (AvgIpc) is 2.40. The number of anilines is 1. The summed E-state index contributed by atoms with van der Waals surface area (Å²) in [5.74, 6) is -2.96. The van der Waals surface area contributed by atoms with Gasteiger partial charge in [-0.25, -0.2) is 4.79 Å². The Balaban J connectivity index is 2.25. The van der Waals surface area contributed by atoms with Crippen LogP contribution in [0.5, 0.6) is 17.2 Å². The molecule has 0 saturated carbocycles. The van der Waals surface area contributed by atoms with Crippen molar-refractivity contribution < 1.29 is 30.0 Å². The lowest BCUT2D eigenvalue weighted by Crippen LogP contribution is -2.12. The summed E-state index contributed by atoms with van der Waals surface area (Å²) in [6, 6.07) is 6.88. The van der Waals surface area contributed by atoms with Crippen LogP contribution in [0.15, 0.2) is 36.4 Å². The van der Waals surface area contributed by atoms with Crippen molar-refractivity contribution in [2.75, 3.05) is 5.32 Å². The summed E-state index contributed by atoms with van der Waals surface area (Å²) in [5, 5.41) is 39.5. The van der Waals surface area contributed by atoms with Gasteiger partial charge in [0.05, 0.1) is 16.8 Å². The van der Waals surface area contributed by atoms with Crippen LogP contribution in [-0.4, -0.2) is 32.3 Å². The molecule has 2 rings (SSSR count). The van der Waals surface area contributed by atoms with Gasteiger partial charge >= 0.3 is 5.97 Å². The van der Waals surface area contributed by atoms with Gasteiger partial charge < -0.3 is 25.7 Å². The number of phenolic OH excluding ortho intramolecular Hbond substituents is 3. The molecular weight excluding hydrogens is 278 g/mol. The number of benzene rings is 2. The molecule has 0 aliphatic carbocycles. The van der Waals surface area contributed by atoms with E-state index in [1.165, 1.54) is 24.3 Å². The third-order valence-electron chi connectivity index (χ3n) is 2.72. The Bertz CT molecular complexity index is 725. The van der Waals surface area contributed by atoms with Crippen molar-refractivity contribution in [2.24, 2.45) is 0 Å². The smallest absolute Gasteiger partial charge is 0.335 e. The summed E-state index contributed by atoms with van der Waals surface area (Å²) in [6.45, 7) is 0. The molecule has 0 unspecified atom stereocenters. The molecule has 0 spiro atoms. The molecular formula is C14H11NO6. The van der Waals surface area contributed by atoms with Crippen LogP contribution in [0.3, 0.4) is 0 Å². The summed E-state index contributed by atoms with van der Waals surface area (Å²) < 4.78 is 0. The third-order valence-corrected chi connectivity index (χ3v) is 2.72. The van der Waals surface area contributed by atoms with Gasteiger partial charge in [-0.05, 0) is 30.3 Å². The zero-order valence-corrected chi connectivity index (χ0v) is 10.6. The molecule has 0 heterocycles. The molecule has 2 aromatic rings. The number of aromatic hydroxyl groups is 3. The van der Waals surface area contributed by atoms with E-state index in [1.54, 1.807) is 0 Å². The molecule has 0 saturated heterocycles. The summed E-state index contributed by atoms with van der Waals surface area (Å²) in [7, 11) is 0. The van der Waals surface area contributed by atoms with Gasteiger partial charge in [0, 0.05) is 6.07 Å². The molecule has 0 atom stereocenters. The number of aromatic carboxylic acids is 1. The average molecular weight is 289 g/mol. The van der Waals surface area contributed by atoms with Gasteiger partial charge in [-0.3, -0.25) is 4.79 Å². The number of carbonyl (C=O) groups is 2. The van der Waals surface area contributed by atoms with Crippen molar-refractivity contribution in [1.29, 1.82) is 0 Å². The number of hydrogen-bond donors (Lipinski definition) is 5. The zero-order chi connectivity index (χ0) is 15.6. The number of rotatable bonds is 3. The van der Waals surface area contributed by atoms with Crippen molar-refractivity contribution in [3.63, 3.8) is 0 Å². The van der Waals surface area contributed by atoms with Gasteiger partial charge in [-0.1, -0.05) is 0 Å². The number of phenols is 3. The number of carboxylic acids is 1. The fraction of sp³-hybridized carbons (Fsp3) is 0. The van der Waals surface area contributed by atoms with Crippen LogP contribution in [0.2, 0.25) is 0 Å². The van der Waals surface area contributed by atoms with Gasteiger partial charge in [-0.2, -0.15) is 0 Å². The fourth-order valence-corrected chi connectivity index (χ4v) is 1.67. The lowest BCUT2D eigenvalue weighted by atomic mass is 10.1.